The lowest BCUT2D eigenvalue weighted by molar-refractivity contribution is -0.138. The fourth-order valence-electron chi connectivity index (χ4n) is 2.54. The summed E-state index contributed by atoms with van der Waals surface area (Å²) in [5.74, 6) is -3.30. The van der Waals surface area contributed by atoms with Crippen molar-refractivity contribution in [3.63, 3.8) is 0 Å². The summed E-state index contributed by atoms with van der Waals surface area (Å²) in [5, 5.41) is 15.9. The second-order valence-corrected chi connectivity index (χ2v) is 7.90. The monoisotopic (exact) mass is 462 g/mol. The zero-order valence-electron chi connectivity index (χ0n) is 17.7. The Kier molecular flexibility index (Phi) is 15.1. The number of nitrogens with two attached hydrogens (primary N) is 3. The van der Waals surface area contributed by atoms with Gasteiger partial charge in [-0.1, -0.05) is 6.42 Å². The molecule has 0 aromatic heterocycles. The summed E-state index contributed by atoms with van der Waals surface area (Å²) >= 11 is 1.47. The van der Waals surface area contributed by atoms with Crippen molar-refractivity contribution in [3.8, 4) is 0 Å². The molecule has 0 aromatic carbocycles. The highest BCUT2D eigenvalue weighted by molar-refractivity contribution is 7.98. The molecule has 10 N–H and O–H groups in total. The van der Waals surface area contributed by atoms with Crippen LogP contribution in [0.25, 0.3) is 0 Å². The van der Waals surface area contributed by atoms with Crippen molar-refractivity contribution in [2.75, 3.05) is 25.1 Å². The second kappa shape index (κ2) is 16.3. The highest BCUT2D eigenvalue weighted by atomic mass is 32.2. The van der Waals surface area contributed by atoms with Crippen LogP contribution in [0.1, 0.15) is 38.5 Å². The van der Waals surface area contributed by atoms with E-state index < -0.39 is 54.3 Å². The molecule has 0 aliphatic heterocycles. The third-order valence-corrected chi connectivity index (χ3v) is 4.92. The molecule has 0 aliphatic rings. The summed E-state index contributed by atoms with van der Waals surface area (Å²) in [5.41, 5.74) is 16.4. The van der Waals surface area contributed by atoms with Gasteiger partial charge in [0.1, 0.15) is 18.6 Å². The number of aliphatic carboxylic acids is 1. The maximum atomic E-state index is 12.8. The van der Waals surface area contributed by atoms with Crippen LogP contribution in [0.15, 0.2) is 0 Å². The minimum atomic E-state index is -1.26. The summed E-state index contributed by atoms with van der Waals surface area (Å²) in [6.45, 7) is -0.157. The predicted molar refractivity (Wildman–Crippen MR) is 117 cm³/mol. The minimum Gasteiger partial charge on any atom is -0.480 e. The fourth-order valence-corrected chi connectivity index (χ4v) is 3.01. The standard InChI is InChI=1S/C18H34N6O6S/c1-31-9-7-13(23-16(28)11(20)4-2-3-8-19)18(30)24-12(5-6-14(21)25)17(29)22-10-15(26)27/h11-13H,2-10,19-20H2,1H3,(H2,21,25)(H,22,29)(H,23,28)(H,24,30)(H,26,27). The number of nitrogens with one attached hydrogen (secondary N) is 3. The van der Waals surface area contributed by atoms with Gasteiger partial charge in [-0.05, 0) is 44.2 Å². The van der Waals surface area contributed by atoms with E-state index in [4.69, 9.17) is 22.3 Å². The summed E-state index contributed by atoms with van der Waals surface area (Å²) in [6.07, 6.45) is 3.63. The van der Waals surface area contributed by atoms with Crippen LogP contribution in [-0.2, 0) is 24.0 Å². The lowest BCUT2D eigenvalue weighted by atomic mass is 10.1. The van der Waals surface area contributed by atoms with Gasteiger partial charge in [0.2, 0.25) is 23.6 Å². The third kappa shape index (κ3) is 13.5. The first kappa shape index (κ1) is 28.6. The van der Waals surface area contributed by atoms with E-state index in [2.05, 4.69) is 16.0 Å². The molecular formula is C18H34N6O6S. The Morgan fingerprint density at radius 1 is 0.935 bits per heavy atom. The zero-order valence-corrected chi connectivity index (χ0v) is 18.5. The van der Waals surface area contributed by atoms with E-state index in [-0.39, 0.29) is 19.3 Å². The topological polar surface area (TPSA) is 220 Å². The van der Waals surface area contributed by atoms with Crippen LogP contribution in [0.2, 0.25) is 0 Å². The van der Waals surface area contributed by atoms with Gasteiger partial charge in [-0.15, -0.1) is 0 Å². The van der Waals surface area contributed by atoms with Crippen molar-refractivity contribution in [1.29, 1.82) is 0 Å². The third-order valence-electron chi connectivity index (χ3n) is 4.28. The summed E-state index contributed by atoms with van der Waals surface area (Å²) in [7, 11) is 0. The van der Waals surface area contributed by atoms with Crippen LogP contribution in [0.3, 0.4) is 0 Å². The first-order valence-electron chi connectivity index (χ1n) is 9.95. The van der Waals surface area contributed by atoms with E-state index in [0.717, 1.165) is 6.42 Å². The number of unbranched alkanes of at least 4 members (excludes halogenated alkanes) is 1. The van der Waals surface area contributed by atoms with Crippen LogP contribution in [0.5, 0.6) is 0 Å². The van der Waals surface area contributed by atoms with Gasteiger partial charge in [0, 0.05) is 6.42 Å². The van der Waals surface area contributed by atoms with Gasteiger partial charge in [0.15, 0.2) is 0 Å². The molecule has 31 heavy (non-hydrogen) atoms. The van der Waals surface area contributed by atoms with Crippen molar-refractivity contribution in [2.45, 2.75) is 56.7 Å². The van der Waals surface area contributed by atoms with Crippen molar-refractivity contribution >= 4 is 41.4 Å². The molecule has 3 unspecified atom stereocenters. The number of carbonyl (C=O) groups excluding carboxylic acids is 4. The molecule has 0 bridgehead atoms. The first-order chi connectivity index (χ1) is 14.6. The molecule has 0 spiro atoms. The Bertz CT molecular complexity index is 620. The van der Waals surface area contributed by atoms with Gasteiger partial charge in [0.05, 0.1) is 6.04 Å². The Hall–Kier alpha value is -2.38. The van der Waals surface area contributed by atoms with Gasteiger partial charge in [0.25, 0.3) is 0 Å². The molecule has 0 saturated carbocycles. The number of hydrogen-bond acceptors (Lipinski definition) is 8. The molecule has 0 aromatic rings. The lowest BCUT2D eigenvalue weighted by Gasteiger charge is -2.24. The smallest absolute Gasteiger partial charge is 0.322 e. The van der Waals surface area contributed by atoms with Crippen molar-refractivity contribution in [2.24, 2.45) is 17.2 Å². The molecular weight excluding hydrogens is 428 g/mol. The van der Waals surface area contributed by atoms with Crippen LogP contribution < -0.4 is 33.2 Å². The number of carbonyl (C=O) groups is 5. The molecule has 0 rings (SSSR count). The molecule has 3 atom stereocenters. The number of carboxylic acids is 1. The van der Waals surface area contributed by atoms with Crippen LogP contribution in [-0.4, -0.2) is 77.9 Å². The summed E-state index contributed by atoms with van der Waals surface area (Å²) < 4.78 is 0. The summed E-state index contributed by atoms with van der Waals surface area (Å²) in [4.78, 5) is 59.1. The van der Waals surface area contributed by atoms with E-state index in [1.165, 1.54) is 11.8 Å². The number of hydrogen-bond donors (Lipinski definition) is 7. The maximum absolute atomic E-state index is 12.8. The molecule has 4 amide bonds. The predicted octanol–water partition coefficient (Wildman–Crippen LogP) is -2.37. The van der Waals surface area contributed by atoms with Crippen LogP contribution >= 0.6 is 11.8 Å². The van der Waals surface area contributed by atoms with Crippen LogP contribution in [0.4, 0.5) is 0 Å². The SMILES string of the molecule is CSCCC(NC(=O)C(N)CCCCN)C(=O)NC(CCC(N)=O)C(=O)NCC(=O)O. The average Bonchev–Trinajstić information content (AvgIpc) is 2.71. The number of carboxylic acid groups (broad SMARTS) is 1. The van der Waals surface area contributed by atoms with Gasteiger partial charge >= 0.3 is 5.97 Å². The van der Waals surface area contributed by atoms with E-state index in [1.54, 1.807) is 0 Å². The largest absolute Gasteiger partial charge is 0.480 e. The van der Waals surface area contributed by atoms with Gasteiger partial charge < -0.3 is 38.3 Å². The van der Waals surface area contributed by atoms with Gasteiger partial charge in [-0.3, -0.25) is 24.0 Å². The molecule has 0 saturated heterocycles. The van der Waals surface area contributed by atoms with Gasteiger partial charge in [-0.2, -0.15) is 11.8 Å². The molecule has 178 valence electrons. The van der Waals surface area contributed by atoms with E-state index >= 15 is 0 Å². The highest BCUT2D eigenvalue weighted by Crippen LogP contribution is 2.06. The lowest BCUT2D eigenvalue weighted by Crippen LogP contribution is -2.56. The number of amides is 4. The van der Waals surface area contributed by atoms with Gasteiger partial charge in [-0.25, -0.2) is 0 Å². The molecule has 0 aliphatic carbocycles. The first-order valence-corrected chi connectivity index (χ1v) is 11.3. The Balaban J connectivity index is 5.16. The normalized spacial score (nSPS) is 13.5. The molecule has 0 radical (unpaired) electrons. The van der Waals surface area contributed by atoms with E-state index in [1.807, 2.05) is 6.26 Å². The van der Waals surface area contributed by atoms with E-state index in [9.17, 15) is 24.0 Å². The number of rotatable bonds is 17. The summed E-state index contributed by atoms with van der Waals surface area (Å²) in [6, 6.07) is -2.95. The fraction of sp³-hybridized carbons (Fsp3) is 0.722. The molecule has 13 heteroatoms. The Morgan fingerprint density at radius 3 is 2.10 bits per heavy atom. The zero-order chi connectivity index (χ0) is 23.8. The maximum Gasteiger partial charge on any atom is 0.322 e. The Labute approximate surface area is 185 Å². The quantitative estimate of drug-likeness (QED) is 0.115. The van der Waals surface area contributed by atoms with Crippen molar-refractivity contribution in [3.05, 3.63) is 0 Å². The number of primary amides is 1. The van der Waals surface area contributed by atoms with Crippen molar-refractivity contribution < 1.29 is 29.1 Å². The molecule has 12 nitrogen and oxygen atoms in total. The van der Waals surface area contributed by atoms with Crippen molar-refractivity contribution in [1.82, 2.24) is 16.0 Å². The average molecular weight is 463 g/mol. The highest BCUT2D eigenvalue weighted by Gasteiger charge is 2.28. The van der Waals surface area contributed by atoms with Crippen LogP contribution in [0, 0.1) is 0 Å². The van der Waals surface area contributed by atoms with E-state index in [0.29, 0.717) is 25.1 Å². The second-order valence-electron chi connectivity index (χ2n) is 6.91. The molecule has 0 fully saturated rings. The minimum absolute atomic E-state index is 0.117. The number of thioether (sulfide) groups is 1. The molecule has 0 heterocycles. The Morgan fingerprint density at radius 2 is 1.55 bits per heavy atom.